The minimum Gasteiger partial charge on any atom is -0.229 e. The maximum Gasteiger partial charge on any atom is 0.147 e. The van der Waals surface area contributed by atoms with Crippen molar-refractivity contribution in [2.45, 2.75) is 39.5 Å². The van der Waals surface area contributed by atoms with Gasteiger partial charge in [0, 0.05) is 17.3 Å². The largest absolute Gasteiger partial charge is 0.229 e. The van der Waals surface area contributed by atoms with Gasteiger partial charge in [-0.1, -0.05) is 29.8 Å². The fraction of sp³-hybridized carbons (Fsp3) is 1.00. The van der Waals surface area contributed by atoms with Crippen molar-refractivity contribution in [1.82, 2.24) is 0 Å². The van der Waals surface area contributed by atoms with E-state index in [0.717, 1.165) is 31.0 Å². The zero-order valence-electron chi connectivity index (χ0n) is 9.35. The van der Waals surface area contributed by atoms with Gasteiger partial charge in [-0.15, -0.1) is 0 Å². The molecule has 0 rings (SSSR count). The van der Waals surface area contributed by atoms with Crippen molar-refractivity contribution >= 4 is 25.8 Å². The zero-order valence-corrected chi connectivity index (χ0v) is 11.7. The number of alkyl halides is 1. The number of halogens is 1. The molecule has 86 valence electrons. The van der Waals surface area contributed by atoms with Gasteiger partial charge in [0.05, 0.1) is 0 Å². The zero-order chi connectivity index (χ0) is 11.2. The summed E-state index contributed by atoms with van der Waals surface area (Å²) in [5.74, 6) is 0.321. The number of hydrogen-bond acceptors (Lipinski definition) is 2. The van der Waals surface area contributed by atoms with Crippen molar-refractivity contribution in [3.8, 4) is 0 Å². The fourth-order valence-electron chi connectivity index (χ4n) is 1.57. The van der Waals surface area contributed by atoms with Crippen molar-refractivity contribution in [2.24, 2.45) is 5.41 Å². The van der Waals surface area contributed by atoms with Gasteiger partial charge in [0.25, 0.3) is 0 Å². The van der Waals surface area contributed by atoms with E-state index in [9.17, 15) is 8.42 Å². The van der Waals surface area contributed by atoms with Crippen LogP contribution in [0.15, 0.2) is 0 Å². The highest BCUT2D eigenvalue weighted by atomic mass is 79.9. The molecule has 0 aromatic heterocycles. The van der Waals surface area contributed by atoms with E-state index in [-0.39, 0.29) is 0 Å². The Morgan fingerprint density at radius 1 is 1.21 bits per heavy atom. The van der Waals surface area contributed by atoms with Crippen molar-refractivity contribution in [2.75, 3.05) is 17.3 Å². The van der Waals surface area contributed by atoms with Gasteiger partial charge >= 0.3 is 0 Å². The average molecular weight is 285 g/mol. The van der Waals surface area contributed by atoms with E-state index in [1.54, 1.807) is 0 Å². The topological polar surface area (TPSA) is 34.1 Å². The SMILES string of the molecule is CCC(CC)(CBr)CCCS(C)(=O)=O. The molecule has 0 atom stereocenters. The summed E-state index contributed by atoms with van der Waals surface area (Å²) in [5, 5.41) is 0.969. The lowest BCUT2D eigenvalue weighted by Gasteiger charge is -2.29. The van der Waals surface area contributed by atoms with Gasteiger partial charge in [-0.05, 0) is 31.1 Å². The normalized spacial score (nSPS) is 13.1. The number of hydrogen-bond donors (Lipinski definition) is 0. The Kier molecular flexibility index (Phi) is 6.30. The molecule has 0 aromatic carbocycles. The maximum absolute atomic E-state index is 11.0. The molecule has 0 N–H and O–H groups in total. The lowest BCUT2D eigenvalue weighted by Crippen LogP contribution is -2.21. The Morgan fingerprint density at radius 2 is 1.71 bits per heavy atom. The molecule has 0 spiro atoms. The van der Waals surface area contributed by atoms with E-state index >= 15 is 0 Å². The summed E-state index contributed by atoms with van der Waals surface area (Å²) in [4.78, 5) is 0. The predicted molar refractivity (Wildman–Crippen MR) is 65.8 cm³/mol. The highest BCUT2D eigenvalue weighted by Crippen LogP contribution is 2.33. The second-order valence-corrected chi connectivity index (χ2v) is 6.89. The molecule has 0 unspecified atom stereocenters. The van der Waals surface area contributed by atoms with Crippen LogP contribution in [0.2, 0.25) is 0 Å². The first kappa shape index (κ1) is 14.4. The van der Waals surface area contributed by atoms with Crippen molar-refractivity contribution < 1.29 is 8.42 Å². The first-order valence-corrected chi connectivity index (χ1v) is 8.31. The monoisotopic (exact) mass is 284 g/mol. The third-order valence-corrected chi connectivity index (χ3v) is 5.23. The van der Waals surface area contributed by atoms with Gasteiger partial charge in [-0.25, -0.2) is 8.42 Å². The van der Waals surface area contributed by atoms with Crippen LogP contribution in [0.3, 0.4) is 0 Å². The lowest BCUT2D eigenvalue weighted by molar-refractivity contribution is 0.281. The van der Waals surface area contributed by atoms with E-state index < -0.39 is 9.84 Å². The van der Waals surface area contributed by atoms with E-state index in [0.29, 0.717) is 11.2 Å². The molecule has 0 saturated heterocycles. The van der Waals surface area contributed by atoms with Crippen molar-refractivity contribution in [1.29, 1.82) is 0 Å². The molecule has 0 aliphatic carbocycles. The molecule has 0 saturated carbocycles. The molecular weight excluding hydrogens is 264 g/mol. The van der Waals surface area contributed by atoms with Gasteiger partial charge < -0.3 is 0 Å². The van der Waals surface area contributed by atoms with E-state index in [2.05, 4.69) is 29.8 Å². The van der Waals surface area contributed by atoms with Crippen molar-refractivity contribution in [3.05, 3.63) is 0 Å². The second-order valence-electron chi connectivity index (χ2n) is 4.07. The lowest BCUT2D eigenvalue weighted by atomic mass is 9.80. The summed E-state index contributed by atoms with van der Waals surface area (Å²) in [5.41, 5.74) is 0.296. The summed E-state index contributed by atoms with van der Waals surface area (Å²) in [7, 11) is -2.79. The minimum atomic E-state index is -2.79. The maximum atomic E-state index is 11.0. The van der Waals surface area contributed by atoms with E-state index in [4.69, 9.17) is 0 Å². The Balaban J connectivity index is 4.08. The van der Waals surface area contributed by atoms with Crippen LogP contribution in [0.4, 0.5) is 0 Å². The van der Waals surface area contributed by atoms with Crippen molar-refractivity contribution in [3.63, 3.8) is 0 Å². The summed E-state index contributed by atoms with van der Waals surface area (Å²) in [6, 6.07) is 0. The van der Waals surface area contributed by atoms with Crippen LogP contribution in [0, 0.1) is 5.41 Å². The molecular formula is C10H21BrO2S. The third kappa shape index (κ3) is 5.35. The predicted octanol–water partition coefficient (Wildman–Crippen LogP) is 3.01. The van der Waals surface area contributed by atoms with Gasteiger partial charge in [0.15, 0.2) is 0 Å². The van der Waals surface area contributed by atoms with Gasteiger partial charge in [0.1, 0.15) is 9.84 Å². The molecule has 0 fully saturated rings. The molecule has 2 nitrogen and oxygen atoms in total. The molecule has 14 heavy (non-hydrogen) atoms. The molecule has 0 aliphatic heterocycles. The number of rotatable bonds is 7. The Hall–Kier alpha value is 0.430. The first-order chi connectivity index (χ1) is 6.39. The molecule has 0 radical (unpaired) electrons. The van der Waals surface area contributed by atoms with Crippen LogP contribution in [0.1, 0.15) is 39.5 Å². The van der Waals surface area contributed by atoms with Crippen LogP contribution in [-0.2, 0) is 9.84 Å². The van der Waals surface area contributed by atoms with Gasteiger partial charge in [-0.3, -0.25) is 0 Å². The number of sulfone groups is 1. The standard InChI is InChI=1S/C10H21BrO2S/c1-4-10(5-2,9-11)7-6-8-14(3,12)13/h4-9H2,1-3H3. The minimum absolute atomic E-state index is 0.296. The third-order valence-electron chi connectivity index (χ3n) is 3.01. The average Bonchev–Trinajstić information content (AvgIpc) is 2.11. The van der Waals surface area contributed by atoms with Crippen LogP contribution in [-0.4, -0.2) is 25.8 Å². The summed E-state index contributed by atoms with van der Waals surface area (Å²) < 4.78 is 21.9. The molecule has 0 amide bonds. The smallest absolute Gasteiger partial charge is 0.147 e. The van der Waals surface area contributed by atoms with Gasteiger partial charge in [0.2, 0.25) is 0 Å². The Labute approximate surface area is 96.5 Å². The quantitative estimate of drug-likeness (QED) is 0.674. The molecule has 4 heteroatoms. The van der Waals surface area contributed by atoms with Gasteiger partial charge in [-0.2, -0.15) is 0 Å². The van der Waals surface area contributed by atoms with Crippen LogP contribution >= 0.6 is 15.9 Å². The van der Waals surface area contributed by atoms with Crippen LogP contribution in [0.25, 0.3) is 0 Å². The molecule has 0 aliphatic rings. The summed E-state index contributed by atoms with van der Waals surface area (Å²) >= 11 is 3.52. The van der Waals surface area contributed by atoms with E-state index in [1.807, 2.05) is 0 Å². The highest BCUT2D eigenvalue weighted by Gasteiger charge is 2.24. The molecule has 0 heterocycles. The fourth-order valence-corrected chi connectivity index (χ4v) is 3.31. The second kappa shape index (κ2) is 6.11. The summed E-state index contributed by atoms with van der Waals surface area (Å²) in [6.45, 7) is 4.34. The first-order valence-electron chi connectivity index (χ1n) is 5.13. The molecule has 0 bridgehead atoms. The highest BCUT2D eigenvalue weighted by molar-refractivity contribution is 9.09. The van der Waals surface area contributed by atoms with E-state index in [1.165, 1.54) is 6.26 Å². The Bertz CT molecular complexity index is 235. The van der Waals surface area contributed by atoms with Crippen LogP contribution in [0.5, 0.6) is 0 Å². The Morgan fingerprint density at radius 3 is 2.00 bits per heavy atom. The molecule has 0 aromatic rings. The summed E-state index contributed by atoms with van der Waals surface area (Å²) in [6.07, 6.45) is 5.31. The van der Waals surface area contributed by atoms with Crippen LogP contribution < -0.4 is 0 Å².